The maximum atomic E-state index is 14.9. The lowest BCUT2D eigenvalue weighted by Gasteiger charge is -2.35. The number of fused-ring (bicyclic) bond motifs is 1. The average molecular weight is 967 g/mol. The van der Waals surface area contributed by atoms with Gasteiger partial charge >= 0.3 is 16.4 Å². The van der Waals surface area contributed by atoms with Crippen molar-refractivity contribution in [2.45, 2.75) is 121 Å². The lowest BCUT2D eigenvalue weighted by atomic mass is 9.85. The van der Waals surface area contributed by atoms with E-state index in [-0.39, 0.29) is 37.3 Å². The maximum Gasteiger partial charge on any atom is 0.409 e. The Hall–Kier alpha value is -5.66. The highest BCUT2D eigenvalue weighted by atomic mass is 35.5. The van der Waals surface area contributed by atoms with Crippen molar-refractivity contribution in [2.75, 3.05) is 19.0 Å². The number of halogens is 1. The van der Waals surface area contributed by atoms with Crippen LogP contribution in [0.3, 0.4) is 0 Å². The predicted molar refractivity (Wildman–Crippen MR) is 251 cm³/mol. The first-order valence-corrected chi connectivity index (χ1v) is 24.4. The van der Waals surface area contributed by atoms with Crippen LogP contribution in [-0.2, 0) is 29.4 Å². The third-order valence-corrected chi connectivity index (χ3v) is 14.1. The summed E-state index contributed by atoms with van der Waals surface area (Å²) in [6.45, 7) is 14.6. The summed E-state index contributed by atoms with van der Waals surface area (Å²) in [5.74, 6) is -1.68. The van der Waals surface area contributed by atoms with E-state index in [1.54, 1.807) is 77.3 Å². The van der Waals surface area contributed by atoms with Gasteiger partial charge in [-0.25, -0.2) is 19.5 Å². The van der Waals surface area contributed by atoms with Crippen LogP contribution in [0.15, 0.2) is 66.6 Å². The van der Waals surface area contributed by atoms with E-state index in [1.165, 1.54) is 28.4 Å². The third-order valence-electron chi connectivity index (χ3n) is 11.9. The number of alkyl halides is 1. The number of amides is 4. The molecule has 0 unspecified atom stereocenters. The molecular weight excluding hydrogens is 910 g/mol. The molecule has 3 heterocycles. The topological polar surface area (TPSA) is 216 Å². The SMILES string of the molecule is C=C[C@]1(Cl)C[C@]1(NC(=O)[C@@H]1C[C@@H](Oc2cc(-c3csc(NC(C)C)n3)nc3cc(OC)ccc23)CN1C(=O)[C@@H](NC(=O)OC1CCCC1)C(C)(C)C)C(=O)NS(=O)(=O)Oc1ccccc1C. The van der Waals surface area contributed by atoms with Crippen LogP contribution in [0.5, 0.6) is 17.2 Å². The van der Waals surface area contributed by atoms with E-state index in [4.69, 9.17) is 40.0 Å². The van der Waals surface area contributed by atoms with Gasteiger partial charge < -0.3 is 39.2 Å². The number of hydrogen-bond donors (Lipinski definition) is 4. The summed E-state index contributed by atoms with van der Waals surface area (Å²) in [7, 11) is -3.23. The van der Waals surface area contributed by atoms with Gasteiger partial charge in [0.15, 0.2) is 5.13 Å². The number of likely N-dealkylation sites (tertiary alicyclic amines) is 1. The molecule has 3 aliphatic rings. The number of carbonyl (C=O) groups is 4. The van der Waals surface area contributed by atoms with Crippen molar-refractivity contribution < 1.29 is 46.0 Å². The van der Waals surface area contributed by atoms with Gasteiger partial charge in [0.05, 0.1) is 29.7 Å². The second-order valence-electron chi connectivity index (χ2n) is 18.3. The fraction of sp³-hybridized carbons (Fsp3) is 0.478. The van der Waals surface area contributed by atoms with Gasteiger partial charge in [-0.05, 0) is 75.6 Å². The van der Waals surface area contributed by atoms with Crippen molar-refractivity contribution in [3.8, 4) is 28.6 Å². The zero-order valence-electron chi connectivity index (χ0n) is 37.9. The number of nitrogens with zero attached hydrogens (tertiary/aromatic N) is 3. The molecule has 20 heteroatoms. The smallest absolute Gasteiger partial charge is 0.409 e. The molecule has 5 atom stereocenters. The zero-order chi connectivity index (χ0) is 47.8. The van der Waals surface area contributed by atoms with Crippen molar-refractivity contribution in [1.29, 1.82) is 0 Å². The second kappa shape index (κ2) is 18.9. The number of benzene rings is 2. The highest BCUT2D eigenvalue weighted by molar-refractivity contribution is 7.85. The summed E-state index contributed by atoms with van der Waals surface area (Å²) < 4.78 is 51.5. The molecular formula is C46H56ClN7O10S2. The normalized spacial score (nSPS) is 22.3. The second-order valence-corrected chi connectivity index (χ2v) is 21.1. The van der Waals surface area contributed by atoms with Crippen LogP contribution >= 0.6 is 22.9 Å². The Morgan fingerprint density at radius 1 is 1.02 bits per heavy atom. The fourth-order valence-electron chi connectivity index (χ4n) is 8.26. The first kappa shape index (κ1) is 48.3. The number of rotatable bonds is 16. The molecule has 17 nitrogen and oxygen atoms in total. The number of methoxy groups -OCH3 is 1. The number of aromatic nitrogens is 2. The summed E-state index contributed by atoms with van der Waals surface area (Å²) in [5.41, 5.74) is -0.781. The number of alkyl carbamates (subject to hydrolysis) is 1. The van der Waals surface area contributed by atoms with E-state index >= 15 is 0 Å². The summed E-state index contributed by atoms with van der Waals surface area (Å²) in [5, 5.41) is 12.0. The Morgan fingerprint density at radius 3 is 2.39 bits per heavy atom. The largest absolute Gasteiger partial charge is 0.497 e. The fourth-order valence-corrected chi connectivity index (χ4v) is 10.3. The summed E-state index contributed by atoms with van der Waals surface area (Å²) >= 11 is 8.26. The zero-order valence-corrected chi connectivity index (χ0v) is 40.3. The minimum atomic E-state index is -4.78. The summed E-state index contributed by atoms with van der Waals surface area (Å²) in [6.07, 6.45) is 2.32. The van der Waals surface area contributed by atoms with E-state index in [2.05, 4.69) is 22.5 Å². The van der Waals surface area contributed by atoms with Crippen LogP contribution < -0.4 is 34.3 Å². The highest BCUT2D eigenvalue weighted by Crippen LogP contribution is 2.55. The first-order chi connectivity index (χ1) is 31.1. The van der Waals surface area contributed by atoms with Gasteiger partial charge in [-0.3, -0.25) is 14.4 Å². The van der Waals surface area contributed by atoms with Gasteiger partial charge in [-0.15, -0.1) is 29.5 Å². The van der Waals surface area contributed by atoms with Gasteiger partial charge in [0.25, 0.3) is 5.91 Å². The summed E-state index contributed by atoms with van der Waals surface area (Å²) in [4.78, 5) is 66.4. The van der Waals surface area contributed by atoms with Gasteiger partial charge in [0.1, 0.15) is 52.8 Å². The number of thiazole rings is 1. The van der Waals surface area contributed by atoms with E-state index < -0.39 is 68.1 Å². The number of nitrogens with one attached hydrogen (secondary N) is 4. The van der Waals surface area contributed by atoms with Crippen LogP contribution in [0.1, 0.15) is 78.7 Å². The first-order valence-electron chi connectivity index (χ1n) is 21.8. The van der Waals surface area contributed by atoms with E-state index in [0.717, 1.165) is 12.8 Å². The molecule has 354 valence electrons. The Labute approximate surface area is 393 Å². The number of anilines is 1. The van der Waals surface area contributed by atoms with Crippen molar-refractivity contribution in [2.24, 2.45) is 5.41 Å². The quantitative estimate of drug-likeness (QED) is 0.0673. The molecule has 4 aromatic rings. The lowest BCUT2D eigenvalue weighted by Crippen LogP contribution is -2.61. The molecule has 2 aromatic carbocycles. The highest BCUT2D eigenvalue weighted by Gasteiger charge is 2.72. The van der Waals surface area contributed by atoms with Crippen LogP contribution in [0, 0.1) is 12.3 Å². The van der Waals surface area contributed by atoms with Gasteiger partial charge in [-0.2, -0.15) is 8.42 Å². The molecule has 0 spiro atoms. The van der Waals surface area contributed by atoms with Crippen LogP contribution in [0.2, 0.25) is 0 Å². The number of carbonyl (C=O) groups excluding carboxylic acids is 4. The van der Waals surface area contributed by atoms with Gasteiger partial charge in [-0.1, -0.05) is 45.0 Å². The van der Waals surface area contributed by atoms with Crippen LogP contribution in [0.25, 0.3) is 22.3 Å². The Bertz CT molecular complexity index is 2630. The minimum absolute atomic E-state index is 0.0134. The van der Waals surface area contributed by atoms with Crippen molar-refractivity contribution in [1.82, 2.24) is 30.2 Å². The number of aryl methyl sites for hydroxylation is 1. The monoisotopic (exact) mass is 965 g/mol. The summed E-state index contributed by atoms with van der Waals surface area (Å²) in [6, 6.07) is 11.1. The lowest BCUT2D eigenvalue weighted by molar-refractivity contribution is -0.142. The molecule has 2 aliphatic carbocycles. The predicted octanol–water partition coefficient (Wildman–Crippen LogP) is 6.79. The maximum absolute atomic E-state index is 14.9. The minimum Gasteiger partial charge on any atom is -0.497 e. The molecule has 0 radical (unpaired) electrons. The standard InChI is InChI=1S/C46H56ClN7O10S2/c1-9-45(47)25-46(45,41(57)53-66(59,60)64-36-17-13-10-14-27(36)4)52-39(55)35-21-30(23-54(35)40(56)38(44(5,6)7)51-43(58)63-28-15-11-12-16-28)62-37-22-33(34-24-65-42(50-34)48-26(2)3)49-32-20-29(61-8)18-19-31(32)37/h9-10,13-14,17-20,22,24,26,28,30,35,38H,1,11-12,15-16,21,23,25H2,2-8H3,(H,48,50)(H,51,58)(H,52,55)(H,53,57)/t30-,35+,38-,45+,46+/m1/s1. The van der Waals surface area contributed by atoms with E-state index in [9.17, 15) is 27.6 Å². The van der Waals surface area contributed by atoms with Crippen molar-refractivity contribution >= 4 is 73.1 Å². The Kier molecular flexibility index (Phi) is 13.8. The Balaban J connectivity index is 1.21. The molecule has 4 amide bonds. The average Bonchev–Trinajstić information content (AvgIpc) is 3.79. The van der Waals surface area contributed by atoms with Crippen LogP contribution in [0.4, 0.5) is 9.93 Å². The molecule has 66 heavy (non-hydrogen) atoms. The van der Waals surface area contributed by atoms with Crippen molar-refractivity contribution in [3.05, 3.63) is 72.1 Å². The Morgan fingerprint density at radius 2 is 1.74 bits per heavy atom. The number of para-hydroxylation sites is 1. The van der Waals surface area contributed by atoms with Crippen LogP contribution in [-0.4, -0.2) is 102 Å². The molecule has 0 bridgehead atoms. The molecule has 7 rings (SSSR count). The van der Waals surface area contributed by atoms with Gasteiger partial charge in [0, 0.05) is 41.8 Å². The number of pyridine rings is 1. The third kappa shape index (κ3) is 10.5. The van der Waals surface area contributed by atoms with E-state index in [1.807, 2.05) is 23.9 Å². The molecule has 1 aliphatic heterocycles. The molecule has 3 fully saturated rings. The van der Waals surface area contributed by atoms with E-state index in [0.29, 0.717) is 57.3 Å². The molecule has 2 aromatic heterocycles. The number of ether oxygens (including phenoxy) is 3. The molecule has 4 N–H and O–H groups in total. The number of hydrogen-bond acceptors (Lipinski definition) is 14. The van der Waals surface area contributed by atoms with Crippen molar-refractivity contribution in [3.63, 3.8) is 0 Å². The molecule has 1 saturated heterocycles. The van der Waals surface area contributed by atoms with Gasteiger partial charge in [0.2, 0.25) is 11.8 Å². The molecule has 2 saturated carbocycles.